The first-order valence-electron chi connectivity index (χ1n) is 8.16. The molecule has 1 unspecified atom stereocenters. The van der Waals surface area contributed by atoms with Crippen LogP contribution in [0.3, 0.4) is 0 Å². The third kappa shape index (κ3) is 7.07. The van der Waals surface area contributed by atoms with Gasteiger partial charge in [0.1, 0.15) is 0 Å². The maximum absolute atomic E-state index is 12.1. The van der Waals surface area contributed by atoms with Crippen molar-refractivity contribution in [2.75, 3.05) is 39.0 Å². The summed E-state index contributed by atoms with van der Waals surface area (Å²) < 4.78 is 0. The lowest BCUT2D eigenvalue weighted by Crippen LogP contribution is -2.55. The van der Waals surface area contributed by atoms with Crippen LogP contribution in [0, 0.1) is 0 Å². The number of nitrogens with zero attached hydrogens (tertiary/aromatic N) is 2. The zero-order chi connectivity index (χ0) is 18.2. The van der Waals surface area contributed by atoms with Crippen LogP contribution in [0.15, 0.2) is 23.2 Å². The van der Waals surface area contributed by atoms with Crippen LogP contribution in [0.5, 0.6) is 0 Å². The van der Waals surface area contributed by atoms with Gasteiger partial charge in [0.15, 0.2) is 0 Å². The summed E-state index contributed by atoms with van der Waals surface area (Å²) in [6.07, 6.45) is 2.03. The largest absolute Gasteiger partial charge is 0.341 e. The molecule has 1 aliphatic rings. The normalized spacial score (nSPS) is 17.0. The summed E-state index contributed by atoms with van der Waals surface area (Å²) in [6, 6.07) is 4.51. The van der Waals surface area contributed by atoms with E-state index in [1.165, 1.54) is 0 Å². The van der Waals surface area contributed by atoms with Crippen LogP contribution in [0.4, 0.5) is 10.5 Å². The van der Waals surface area contributed by atoms with Gasteiger partial charge in [0, 0.05) is 18.7 Å². The van der Waals surface area contributed by atoms with Crippen molar-refractivity contribution in [3.63, 3.8) is 0 Å². The lowest BCUT2D eigenvalue weighted by molar-refractivity contribution is 0.255. The summed E-state index contributed by atoms with van der Waals surface area (Å²) in [7, 11) is 4.11. The van der Waals surface area contributed by atoms with Crippen molar-refractivity contribution in [1.29, 1.82) is 0 Å². The van der Waals surface area contributed by atoms with E-state index in [1.807, 2.05) is 0 Å². The molecule has 0 saturated carbocycles. The molecule has 1 aliphatic heterocycles. The monoisotopic (exact) mass is 386 g/mol. The summed E-state index contributed by atoms with van der Waals surface area (Å²) in [5.41, 5.74) is 0.557. The van der Waals surface area contributed by atoms with E-state index < -0.39 is 6.03 Å². The predicted molar refractivity (Wildman–Crippen MR) is 104 cm³/mol. The fraction of sp³-hybridized carbons (Fsp3) is 0.500. The summed E-state index contributed by atoms with van der Waals surface area (Å²) in [5, 5.41) is 12.8. The van der Waals surface area contributed by atoms with Crippen molar-refractivity contribution in [3.8, 4) is 0 Å². The SMILES string of the molecule is CN(C)CCCNC1CCN=C(NC(=O)Nc2ccc(Cl)c(Cl)c2)N1. The molecule has 0 aliphatic carbocycles. The molecule has 4 N–H and O–H groups in total. The van der Waals surface area contributed by atoms with Gasteiger partial charge in [-0.3, -0.25) is 15.6 Å². The molecule has 2 amide bonds. The van der Waals surface area contributed by atoms with Gasteiger partial charge in [0.2, 0.25) is 5.96 Å². The molecule has 138 valence electrons. The fourth-order valence-corrected chi connectivity index (χ4v) is 2.63. The second-order valence-electron chi connectivity index (χ2n) is 6.03. The zero-order valence-corrected chi connectivity index (χ0v) is 15.9. The van der Waals surface area contributed by atoms with Crippen molar-refractivity contribution < 1.29 is 4.79 Å². The van der Waals surface area contributed by atoms with E-state index in [0.29, 0.717) is 28.2 Å². The lowest BCUT2D eigenvalue weighted by Gasteiger charge is -2.26. The minimum absolute atomic E-state index is 0.0972. The molecule has 0 aromatic heterocycles. The van der Waals surface area contributed by atoms with E-state index in [0.717, 1.165) is 25.9 Å². The van der Waals surface area contributed by atoms with Crippen molar-refractivity contribution in [2.24, 2.45) is 4.99 Å². The molecule has 0 radical (unpaired) electrons. The molecule has 7 nitrogen and oxygen atoms in total. The molecular formula is C16H24Cl2N6O. The highest BCUT2D eigenvalue weighted by molar-refractivity contribution is 6.42. The van der Waals surface area contributed by atoms with Gasteiger partial charge in [-0.25, -0.2) is 4.79 Å². The van der Waals surface area contributed by atoms with E-state index in [1.54, 1.807) is 18.2 Å². The van der Waals surface area contributed by atoms with Gasteiger partial charge in [-0.1, -0.05) is 23.2 Å². The number of hydrogen-bond donors (Lipinski definition) is 4. The lowest BCUT2D eigenvalue weighted by atomic mass is 10.3. The Morgan fingerprint density at radius 3 is 2.84 bits per heavy atom. The highest BCUT2D eigenvalue weighted by Gasteiger charge is 2.16. The number of guanidine groups is 1. The van der Waals surface area contributed by atoms with Gasteiger partial charge in [0.25, 0.3) is 0 Å². The summed E-state index contributed by atoms with van der Waals surface area (Å²) in [5.74, 6) is 0.453. The van der Waals surface area contributed by atoms with Crippen LogP contribution >= 0.6 is 23.2 Å². The molecule has 0 spiro atoms. The van der Waals surface area contributed by atoms with Gasteiger partial charge < -0.3 is 15.5 Å². The minimum Gasteiger partial charge on any atom is -0.341 e. The Kier molecular flexibility index (Phi) is 7.77. The number of halogens is 2. The summed E-state index contributed by atoms with van der Waals surface area (Å²) >= 11 is 11.8. The first kappa shape index (κ1) is 19.8. The van der Waals surface area contributed by atoms with Crippen LogP contribution in [-0.4, -0.2) is 56.8 Å². The number of urea groups is 1. The van der Waals surface area contributed by atoms with E-state index in [2.05, 4.69) is 45.3 Å². The molecule has 1 heterocycles. The molecule has 1 atom stereocenters. The van der Waals surface area contributed by atoms with E-state index in [4.69, 9.17) is 23.2 Å². The number of carbonyl (C=O) groups is 1. The molecule has 0 saturated heterocycles. The number of carbonyl (C=O) groups excluding carboxylic acids is 1. The fourth-order valence-electron chi connectivity index (χ4n) is 2.33. The summed E-state index contributed by atoms with van der Waals surface area (Å²) in [4.78, 5) is 18.5. The van der Waals surface area contributed by atoms with Crippen LogP contribution in [-0.2, 0) is 0 Å². The number of nitrogens with one attached hydrogen (secondary N) is 4. The third-order valence-corrected chi connectivity index (χ3v) is 4.32. The van der Waals surface area contributed by atoms with Crippen molar-refractivity contribution >= 4 is 40.9 Å². The molecule has 0 bridgehead atoms. The Balaban J connectivity index is 1.76. The minimum atomic E-state index is -0.391. The number of rotatable bonds is 6. The Morgan fingerprint density at radius 2 is 2.12 bits per heavy atom. The van der Waals surface area contributed by atoms with Crippen LogP contribution in [0.2, 0.25) is 10.0 Å². The first-order valence-corrected chi connectivity index (χ1v) is 8.92. The average Bonchev–Trinajstić information content (AvgIpc) is 2.55. The maximum atomic E-state index is 12.1. The zero-order valence-electron chi connectivity index (χ0n) is 14.4. The molecule has 2 rings (SSSR count). The standard InChI is InChI=1S/C16H24Cl2N6O/c1-24(2)9-3-7-19-14-6-8-20-15(22-14)23-16(25)21-11-4-5-12(17)13(18)10-11/h4-5,10,14,19H,3,6-9H2,1-2H3,(H3,20,21,22,23,25). The molecule has 1 aromatic rings. The van der Waals surface area contributed by atoms with Gasteiger partial charge in [-0.2, -0.15) is 0 Å². The van der Waals surface area contributed by atoms with Crippen LogP contribution < -0.4 is 21.3 Å². The molecule has 25 heavy (non-hydrogen) atoms. The number of hydrogen-bond acceptors (Lipinski definition) is 5. The molecule has 1 aromatic carbocycles. The maximum Gasteiger partial charge on any atom is 0.325 e. The van der Waals surface area contributed by atoms with Crippen LogP contribution in [0.25, 0.3) is 0 Å². The Morgan fingerprint density at radius 1 is 1.32 bits per heavy atom. The number of anilines is 1. The number of amides is 2. The quantitative estimate of drug-likeness (QED) is 0.565. The number of aliphatic imine (C=N–C) groups is 1. The van der Waals surface area contributed by atoms with Gasteiger partial charge in [-0.05, 0) is 51.8 Å². The van der Waals surface area contributed by atoms with Crippen molar-refractivity contribution in [1.82, 2.24) is 20.9 Å². The van der Waals surface area contributed by atoms with E-state index in [-0.39, 0.29) is 6.17 Å². The third-order valence-electron chi connectivity index (χ3n) is 3.58. The first-order chi connectivity index (χ1) is 11.9. The highest BCUT2D eigenvalue weighted by atomic mass is 35.5. The second kappa shape index (κ2) is 9.82. The van der Waals surface area contributed by atoms with E-state index >= 15 is 0 Å². The Bertz CT molecular complexity index is 623. The Hall–Kier alpha value is -1.54. The van der Waals surface area contributed by atoms with Gasteiger partial charge in [0.05, 0.1) is 16.2 Å². The Labute approximate surface area is 158 Å². The second-order valence-corrected chi connectivity index (χ2v) is 6.85. The average molecular weight is 387 g/mol. The van der Waals surface area contributed by atoms with Crippen LogP contribution in [0.1, 0.15) is 12.8 Å². The molecule has 0 fully saturated rings. The van der Waals surface area contributed by atoms with Crippen molar-refractivity contribution in [2.45, 2.75) is 19.0 Å². The summed E-state index contributed by atoms with van der Waals surface area (Å²) in [6.45, 7) is 2.59. The highest BCUT2D eigenvalue weighted by Crippen LogP contribution is 2.24. The van der Waals surface area contributed by atoms with E-state index in [9.17, 15) is 4.79 Å². The predicted octanol–water partition coefficient (Wildman–Crippen LogP) is 2.33. The number of benzene rings is 1. The topological polar surface area (TPSA) is 80.8 Å². The molecular weight excluding hydrogens is 363 g/mol. The smallest absolute Gasteiger partial charge is 0.325 e. The van der Waals surface area contributed by atoms with Gasteiger partial charge >= 0.3 is 6.03 Å². The molecule has 9 heteroatoms. The van der Waals surface area contributed by atoms with Crippen molar-refractivity contribution in [3.05, 3.63) is 28.2 Å². The van der Waals surface area contributed by atoms with Gasteiger partial charge in [-0.15, -0.1) is 0 Å².